The molecule has 0 aromatic carbocycles. The highest BCUT2D eigenvalue weighted by Crippen LogP contribution is 2.03. The van der Waals surface area contributed by atoms with Gasteiger partial charge in [0.25, 0.3) is 0 Å². The molecule has 19 heavy (non-hydrogen) atoms. The summed E-state index contributed by atoms with van der Waals surface area (Å²) in [4.78, 5) is 32.9. The highest BCUT2D eigenvalue weighted by molar-refractivity contribution is 5.78. The number of urea groups is 1. The topological polar surface area (TPSA) is 108 Å². The number of amides is 3. The van der Waals surface area contributed by atoms with Crippen LogP contribution < -0.4 is 16.0 Å². The molecule has 110 valence electrons. The van der Waals surface area contributed by atoms with Crippen LogP contribution in [0.3, 0.4) is 0 Å². The molecule has 0 aromatic rings. The van der Waals surface area contributed by atoms with Crippen molar-refractivity contribution in [2.75, 3.05) is 19.6 Å². The summed E-state index contributed by atoms with van der Waals surface area (Å²) in [5, 5.41) is 16.5. The first kappa shape index (κ1) is 17.2. The van der Waals surface area contributed by atoms with Crippen molar-refractivity contribution < 1.29 is 19.5 Å². The normalized spacial score (nSPS) is 11.5. The van der Waals surface area contributed by atoms with Crippen molar-refractivity contribution in [2.45, 2.75) is 33.1 Å². The smallest absolute Gasteiger partial charge is 0.314 e. The van der Waals surface area contributed by atoms with Crippen LogP contribution in [-0.4, -0.2) is 42.6 Å². The van der Waals surface area contributed by atoms with Crippen LogP contribution >= 0.6 is 0 Å². The van der Waals surface area contributed by atoms with Gasteiger partial charge < -0.3 is 21.1 Å². The molecule has 0 bridgehead atoms. The lowest BCUT2D eigenvalue weighted by Crippen LogP contribution is -2.38. The molecule has 0 spiro atoms. The Balaban J connectivity index is 3.50. The minimum absolute atomic E-state index is 0.0990. The first-order chi connectivity index (χ1) is 8.97. The van der Waals surface area contributed by atoms with Crippen molar-refractivity contribution in [2.24, 2.45) is 5.92 Å². The van der Waals surface area contributed by atoms with E-state index in [-0.39, 0.29) is 24.9 Å². The molecule has 0 aliphatic carbocycles. The number of carboxylic acids is 1. The Hall–Kier alpha value is -1.79. The second-order valence-corrected chi connectivity index (χ2v) is 4.27. The van der Waals surface area contributed by atoms with Crippen molar-refractivity contribution in [3.63, 3.8) is 0 Å². The summed E-state index contributed by atoms with van der Waals surface area (Å²) in [6, 6.07) is -0.340. The molecular weight excluding hydrogens is 250 g/mol. The summed E-state index contributed by atoms with van der Waals surface area (Å²) in [6.07, 6.45) is 1.38. The van der Waals surface area contributed by atoms with Gasteiger partial charge in [-0.05, 0) is 19.8 Å². The third-order valence-electron chi connectivity index (χ3n) is 2.53. The van der Waals surface area contributed by atoms with Crippen LogP contribution in [0.2, 0.25) is 0 Å². The highest BCUT2D eigenvalue weighted by atomic mass is 16.4. The summed E-state index contributed by atoms with van der Waals surface area (Å²) in [5.74, 6) is -1.33. The number of aliphatic carboxylic acids is 1. The fraction of sp³-hybridized carbons (Fsp3) is 0.750. The van der Waals surface area contributed by atoms with Gasteiger partial charge >= 0.3 is 12.0 Å². The van der Waals surface area contributed by atoms with Crippen molar-refractivity contribution >= 4 is 17.9 Å². The average Bonchev–Trinajstić information content (AvgIpc) is 2.34. The molecule has 0 radical (unpaired) electrons. The maximum atomic E-state index is 11.3. The molecule has 7 heteroatoms. The molecule has 0 rings (SSSR count). The largest absolute Gasteiger partial charge is 0.481 e. The van der Waals surface area contributed by atoms with Crippen molar-refractivity contribution in [3.05, 3.63) is 0 Å². The quantitative estimate of drug-likeness (QED) is 0.453. The Morgan fingerprint density at radius 3 is 2.32 bits per heavy atom. The number of hydrogen-bond acceptors (Lipinski definition) is 3. The zero-order chi connectivity index (χ0) is 14.7. The van der Waals surface area contributed by atoms with E-state index in [1.54, 1.807) is 6.92 Å². The van der Waals surface area contributed by atoms with E-state index in [9.17, 15) is 14.4 Å². The highest BCUT2D eigenvalue weighted by Gasteiger charge is 2.10. The number of carboxylic acid groups (broad SMARTS) is 1. The van der Waals surface area contributed by atoms with E-state index in [0.29, 0.717) is 25.9 Å². The number of hydrogen-bond donors (Lipinski definition) is 4. The van der Waals surface area contributed by atoms with Gasteiger partial charge in [-0.25, -0.2) is 4.79 Å². The van der Waals surface area contributed by atoms with Crippen molar-refractivity contribution in [1.82, 2.24) is 16.0 Å². The standard InChI is InChI=1S/C12H23N3O4/c1-3-13-10(16)6-8-15-12(19)14-7-4-5-9(2)11(17)18/h9H,3-8H2,1-2H3,(H,13,16)(H,17,18)(H2,14,15,19). The zero-order valence-corrected chi connectivity index (χ0v) is 11.5. The second kappa shape index (κ2) is 10.2. The molecule has 0 fully saturated rings. The Morgan fingerprint density at radius 1 is 1.11 bits per heavy atom. The molecule has 0 saturated carbocycles. The number of rotatable bonds is 9. The Bertz CT molecular complexity index is 307. The SMILES string of the molecule is CCNC(=O)CCNC(=O)NCCCC(C)C(=O)O. The van der Waals surface area contributed by atoms with Crippen molar-refractivity contribution in [1.29, 1.82) is 0 Å². The molecule has 7 nitrogen and oxygen atoms in total. The minimum atomic E-state index is -0.827. The van der Waals surface area contributed by atoms with Gasteiger partial charge in [0.15, 0.2) is 0 Å². The molecule has 4 N–H and O–H groups in total. The maximum absolute atomic E-state index is 11.3. The lowest BCUT2D eigenvalue weighted by atomic mass is 10.1. The third kappa shape index (κ3) is 9.87. The van der Waals surface area contributed by atoms with E-state index in [2.05, 4.69) is 16.0 Å². The molecule has 1 atom stereocenters. The van der Waals surface area contributed by atoms with Crippen LogP contribution in [0.25, 0.3) is 0 Å². The summed E-state index contributed by atoms with van der Waals surface area (Å²) in [6.45, 7) is 4.74. The molecule has 0 aliphatic rings. The van der Waals surface area contributed by atoms with E-state index in [4.69, 9.17) is 5.11 Å². The van der Waals surface area contributed by atoms with Crippen LogP contribution in [0, 0.1) is 5.92 Å². The van der Waals surface area contributed by atoms with Gasteiger partial charge in [0.2, 0.25) is 5.91 Å². The molecule has 0 aromatic heterocycles. The fourth-order valence-electron chi connectivity index (χ4n) is 1.37. The van der Waals surface area contributed by atoms with Crippen LogP contribution in [0.5, 0.6) is 0 Å². The summed E-state index contributed by atoms with van der Waals surface area (Å²) in [5.41, 5.74) is 0. The van der Waals surface area contributed by atoms with E-state index in [1.165, 1.54) is 0 Å². The van der Waals surface area contributed by atoms with Gasteiger partial charge in [-0.3, -0.25) is 9.59 Å². The van der Waals surface area contributed by atoms with Gasteiger partial charge in [0, 0.05) is 26.1 Å². The average molecular weight is 273 g/mol. The second-order valence-electron chi connectivity index (χ2n) is 4.27. The zero-order valence-electron chi connectivity index (χ0n) is 11.5. The summed E-state index contributed by atoms with van der Waals surface area (Å²) < 4.78 is 0. The number of carbonyl (C=O) groups excluding carboxylic acids is 2. The van der Waals surface area contributed by atoms with Crippen LogP contribution in [0.15, 0.2) is 0 Å². The maximum Gasteiger partial charge on any atom is 0.314 e. The van der Waals surface area contributed by atoms with Crippen molar-refractivity contribution in [3.8, 4) is 0 Å². The summed E-state index contributed by atoms with van der Waals surface area (Å²) >= 11 is 0. The van der Waals surface area contributed by atoms with Crippen LogP contribution in [0.4, 0.5) is 4.79 Å². The van der Waals surface area contributed by atoms with E-state index >= 15 is 0 Å². The van der Waals surface area contributed by atoms with E-state index < -0.39 is 11.9 Å². The summed E-state index contributed by atoms with van der Waals surface area (Å²) in [7, 11) is 0. The molecule has 3 amide bonds. The first-order valence-electron chi connectivity index (χ1n) is 6.48. The monoisotopic (exact) mass is 273 g/mol. The number of nitrogens with one attached hydrogen (secondary N) is 3. The van der Waals surface area contributed by atoms with Gasteiger partial charge in [0.1, 0.15) is 0 Å². The Labute approximate surface area is 113 Å². The lowest BCUT2D eigenvalue weighted by molar-refractivity contribution is -0.141. The molecule has 1 unspecified atom stereocenters. The Kier molecular flexibility index (Phi) is 9.20. The van der Waals surface area contributed by atoms with Gasteiger partial charge in [-0.15, -0.1) is 0 Å². The Morgan fingerprint density at radius 2 is 1.74 bits per heavy atom. The minimum Gasteiger partial charge on any atom is -0.481 e. The van der Waals surface area contributed by atoms with Gasteiger partial charge in [-0.1, -0.05) is 6.92 Å². The van der Waals surface area contributed by atoms with Gasteiger partial charge in [-0.2, -0.15) is 0 Å². The molecule has 0 aliphatic heterocycles. The molecule has 0 saturated heterocycles. The fourth-order valence-corrected chi connectivity index (χ4v) is 1.37. The van der Waals surface area contributed by atoms with Gasteiger partial charge in [0.05, 0.1) is 5.92 Å². The predicted molar refractivity (Wildman–Crippen MR) is 70.7 cm³/mol. The van der Waals surface area contributed by atoms with E-state index in [1.807, 2.05) is 6.92 Å². The third-order valence-corrected chi connectivity index (χ3v) is 2.53. The van der Waals surface area contributed by atoms with Crippen LogP contribution in [0.1, 0.15) is 33.1 Å². The van der Waals surface area contributed by atoms with Crippen LogP contribution in [-0.2, 0) is 9.59 Å². The predicted octanol–water partition coefficient (Wildman–Crippen LogP) is 0.313. The molecule has 0 heterocycles. The van der Waals surface area contributed by atoms with E-state index in [0.717, 1.165) is 0 Å². The first-order valence-corrected chi connectivity index (χ1v) is 6.48. The molecular formula is C12H23N3O4. The number of carbonyl (C=O) groups is 3. The lowest BCUT2D eigenvalue weighted by Gasteiger charge is -2.08.